The van der Waals surface area contributed by atoms with Gasteiger partial charge in [-0.2, -0.15) is 5.26 Å². The second-order valence-corrected chi connectivity index (χ2v) is 8.09. The van der Waals surface area contributed by atoms with Gasteiger partial charge in [-0.05, 0) is 72.1 Å². The summed E-state index contributed by atoms with van der Waals surface area (Å²) < 4.78 is 6.43. The zero-order valence-electron chi connectivity index (χ0n) is 16.9. The highest BCUT2D eigenvalue weighted by Crippen LogP contribution is 2.35. The Morgan fingerprint density at radius 1 is 1.03 bits per heavy atom. The van der Waals surface area contributed by atoms with Gasteiger partial charge in [0.1, 0.15) is 5.75 Å². The fourth-order valence-electron chi connectivity index (χ4n) is 3.67. The third kappa shape index (κ3) is 4.72. The number of ether oxygens (including phenoxy) is 1. The van der Waals surface area contributed by atoms with E-state index in [1.54, 1.807) is 24.3 Å². The summed E-state index contributed by atoms with van der Waals surface area (Å²) in [5.41, 5.74) is 4.22. The molecule has 1 aromatic heterocycles. The molecule has 7 heteroatoms. The average molecular weight is 464 g/mol. The standard InChI is InChI=1S/C25H19Cl2N3O2/c26-18-5-8-20(9-6-18)32-25(17-3-1-16(14-28)2-4-17)24-21(11-12-29-15-31)22-13-19(27)7-10-23(22)30-24/h1-10,13,15,25,30H,11-12H2,(H,29,31). The molecule has 160 valence electrons. The van der Waals surface area contributed by atoms with E-state index in [0.717, 1.165) is 27.7 Å². The van der Waals surface area contributed by atoms with Gasteiger partial charge in [0.2, 0.25) is 6.41 Å². The number of hydrogen-bond donors (Lipinski definition) is 2. The van der Waals surface area contributed by atoms with Crippen LogP contribution in [0.2, 0.25) is 10.0 Å². The summed E-state index contributed by atoms with van der Waals surface area (Å²) in [6.45, 7) is 0.469. The molecule has 0 fully saturated rings. The number of carbonyl (C=O) groups is 1. The predicted octanol–water partition coefficient (Wildman–Crippen LogP) is 5.80. The molecule has 0 aliphatic heterocycles. The number of fused-ring (bicyclic) bond motifs is 1. The minimum atomic E-state index is -0.485. The van der Waals surface area contributed by atoms with Crippen molar-refractivity contribution in [3.8, 4) is 11.8 Å². The number of carbonyl (C=O) groups excluding carboxylic acids is 1. The van der Waals surface area contributed by atoms with Crippen molar-refractivity contribution in [1.29, 1.82) is 5.26 Å². The maximum absolute atomic E-state index is 10.8. The maximum Gasteiger partial charge on any atom is 0.207 e. The van der Waals surface area contributed by atoms with Crippen LogP contribution in [0, 0.1) is 11.3 Å². The minimum Gasteiger partial charge on any atom is -0.479 e. The maximum atomic E-state index is 10.8. The van der Waals surface area contributed by atoms with E-state index in [2.05, 4.69) is 16.4 Å². The summed E-state index contributed by atoms with van der Waals surface area (Å²) in [7, 11) is 0. The average Bonchev–Trinajstić information content (AvgIpc) is 3.16. The fraction of sp³-hybridized carbons (Fsp3) is 0.120. The van der Waals surface area contributed by atoms with Gasteiger partial charge in [0.05, 0.1) is 17.3 Å². The molecule has 4 aromatic rings. The monoisotopic (exact) mass is 463 g/mol. The van der Waals surface area contributed by atoms with Gasteiger partial charge in [0.25, 0.3) is 0 Å². The van der Waals surface area contributed by atoms with Gasteiger partial charge in [-0.15, -0.1) is 0 Å². The molecule has 1 heterocycles. The molecule has 0 radical (unpaired) electrons. The van der Waals surface area contributed by atoms with Crippen LogP contribution in [0.25, 0.3) is 10.9 Å². The van der Waals surface area contributed by atoms with Gasteiger partial charge in [-0.3, -0.25) is 4.79 Å². The summed E-state index contributed by atoms with van der Waals surface area (Å²) in [6, 6.07) is 22.3. The van der Waals surface area contributed by atoms with E-state index in [4.69, 9.17) is 27.9 Å². The van der Waals surface area contributed by atoms with E-state index < -0.39 is 6.10 Å². The van der Waals surface area contributed by atoms with Crippen LogP contribution < -0.4 is 10.1 Å². The van der Waals surface area contributed by atoms with Crippen molar-refractivity contribution in [2.24, 2.45) is 0 Å². The molecule has 0 aliphatic carbocycles. The summed E-state index contributed by atoms with van der Waals surface area (Å²) >= 11 is 12.3. The first-order valence-corrected chi connectivity index (χ1v) is 10.7. The van der Waals surface area contributed by atoms with Gasteiger partial charge >= 0.3 is 0 Å². The molecule has 0 spiro atoms. The van der Waals surface area contributed by atoms with E-state index in [0.29, 0.717) is 40.7 Å². The van der Waals surface area contributed by atoms with E-state index in [1.807, 2.05) is 42.5 Å². The summed E-state index contributed by atoms with van der Waals surface area (Å²) in [4.78, 5) is 14.3. The Hall–Kier alpha value is -3.46. The number of rotatable bonds is 8. The van der Waals surface area contributed by atoms with Gasteiger partial charge in [-0.1, -0.05) is 35.3 Å². The first-order valence-electron chi connectivity index (χ1n) is 9.98. The number of nitrogens with one attached hydrogen (secondary N) is 2. The largest absolute Gasteiger partial charge is 0.479 e. The lowest BCUT2D eigenvalue weighted by atomic mass is 9.99. The highest BCUT2D eigenvalue weighted by atomic mass is 35.5. The summed E-state index contributed by atoms with van der Waals surface area (Å²) in [5.74, 6) is 0.650. The van der Waals surface area contributed by atoms with Crippen LogP contribution in [-0.4, -0.2) is 17.9 Å². The Labute approximate surface area is 195 Å². The fourth-order valence-corrected chi connectivity index (χ4v) is 3.96. The highest BCUT2D eigenvalue weighted by molar-refractivity contribution is 6.31. The molecule has 1 amide bonds. The van der Waals surface area contributed by atoms with Crippen molar-refractivity contribution >= 4 is 40.5 Å². The third-order valence-corrected chi connectivity index (χ3v) is 5.66. The molecule has 1 unspecified atom stereocenters. The van der Waals surface area contributed by atoms with Crippen molar-refractivity contribution in [1.82, 2.24) is 10.3 Å². The molecule has 3 aromatic carbocycles. The number of aromatic amines is 1. The van der Waals surface area contributed by atoms with Crippen molar-refractivity contribution in [2.45, 2.75) is 12.5 Å². The number of aromatic nitrogens is 1. The molecular weight excluding hydrogens is 445 g/mol. The minimum absolute atomic E-state index is 0.469. The quantitative estimate of drug-likeness (QED) is 0.256. The Kier molecular flexibility index (Phi) is 6.65. The second kappa shape index (κ2) is 9.78. The van der Waals surface area contributed by atoms with Crippen molar-refractivity contribution < 1.29 is 9.53 Å². The number of nitrogens with zero attached hydrogens (tertiary/aromatic N) is 1. The molecule has 32 heavy (non-hydrogen) atoms. The lowest BCUT2D eigenvalue weighted by molar-refractivity contribution is -0.109. The number of amides is 1. The zero-order valence-corrected chi connectivity index (χ0v) is 18.5. The van der Waals surface area contributed by atoms with E-state index in [9.17, 15) is 10.1 Å². The Morgan fingerprint density at radius 3 is 2.44 bits per heavy atom. The molecule has 1 atom stereocenters. The SMILES string of the molecule is N#Cc1ccc(C(Oc2ccc(Cl)cc2)c2[nH]c3ccc(Cl)cc3c2CCNC=O)cc1. The van der Waals surface area contributed by atoms with Crippen molar-refractivity contribution in [3.63, 3.8) is 0 Å². The van der Waals surface area contributed by atoms with Crippen LogP contribution in [0.5, 0.6) is 5.75 Å². The van der Waals surface area contributed by atoms with Crippen LogP contribution in [0.4, 0.5) is 0 Å². The van der Waals surface area contributed by atoms with E-state index in [-0.39, 0.29) is 0 Å². The molecule has 5 nitrogen and oxygen atoms in total. The lowest BCUT2D eigenvalue weighted by Crippen LogP contribution is -2.17. The van der Waals surface area contributed by atoms with Crippen LogP contribution in [0.15, 0.2) is 66.7 Å². The number of halogens is 2. The predicted molar refractivity (Wildman–Crippen MR) is 126 cm³/mol. The van der Waals surface area contributed by atoms with Crippen molar-refractivity contribution in [2.75, 3.05) is 6.54 Å². The van der Waals surface area contributed by atoms with Crippen molar-refractivity contribution in [3.05, 3.63) is 99.2 Å². The van der Waals surface area contributed by atoms with Crippen LogP contribution >= 0.6 is 23.2 Å². The number of H-pyrrole nitrogens is 1. The van der Waals surface area contributed by atoms with Gasteiger partial charge in [0, 0.05) is 27.5 Å². The van der Waals surface area contributed by atoms with Crippen LogP contribution in [0.1, 0.15) is 28.5 Å². The van der Waals surface area contributed by atoms with E-state index in [1.165, 1.54) is 0 Å². The number of nitriles is 1. The molecule has 0 aliphatic rings. The third-order valence-electron chi connectivity index (χ3n) is 5.18. The Bertz CT molecular complexity index is 1280. The van der Waals surface area contributed by atoms with Gasteiger partial charge in [0.15, 0.2) is 6.10 Å². The Morgan fingerprint density at radius 2 is 1.75 bits per heavy atom. The topological polar surface area (TPSA) is 77.9 Å². The Balaban J connectivity index is 1.84. The molecule has 0 saturated carbocycles. The summed E-state index contributed by atoms with van der Waals surface area (Å²) in [5, 5.41) is 14.1. The van der Waals surface area contributed by atoms with E-state index >= 15 is 0 Å². The number of hydrogen-bond acceptors (Lipinski definition) is 3. The second-order valence-electron chi connectivity index (χ2n) is 7.21. The first kappa shape index (κ1) is 21.8. The normalized spacial score (nSPS) is 11.7. The van der Waals surface area contributed by atoms with Gasteiger partial charge < -0.3 is 15.0 Å². The van der Waals surface area contributed by atoms with Crippen LogP contribution in [0.3, 0.4) is 0 Å². The zero-order chi connectivity index (χ0) is 22.5. The molecule has 2 N–H and O–H groups in total. The van der Waals surface area contributed by atoms with Crippen LogP contribution in [-0.2, 0) is 11.2 Å². The highest BCUT2D eigenvalue weighted by Gasteiger charge is 2.24. The molecule has 4 rings (SSSR count). The van der Waals surface area contributed by atoms with Gasteiger partial charge in [-0.25, -0.2) is 0 Å². The molecule has 0 bridgehead atoms. The molecular formula is C25H19Cl2N3O2. The molecule has 0 saturated heterocycles. The first-order chi connectivity index (χ1) is 15.6. The smallest absolute Gasteiger partial charge is 0.207 e. The summed E-state index contributed by atoms with van der Waals surface area (Å²) in [6.07, 6.45) is 0.788. The lowest BCUT2D eigenvalue weighted by Gasteiger charge is -2.21. The number of benzene rings is 3.